The molecule has 1 unspecified atom stereocenters. The summed E-state index contributed by atoms with van der Waals surface area (Å²) in [6, 6.07) is 12.9. The number of nitrogens with one attached hydrogen (secondary N) is 2. The molecule has 148 valence electrons. The monoisotopic (exact) mass is 385 g/mol. The number of nitrogens with zero attached hydrogens (tertiary/aromatic N) is 1. The number of hydrazine groups is 1. The minimum atomic E-state index is -0.883. The Morgan fingerprint density at radius 2 is 1.64 bits per heavy atom. The van der Waals surface area contributed by atoms with Crippen molar-refractivity contribution in [2.24, 2.45) is 0 Å². The van der Waals surface area contributed by atoms with Gasteiger partial charge in [-0.15, -0.1) is 0 Å². The average Bonchev–Trinajstić information content (AvgIpc) is 2.65. The number of nitro benzene ring substituents is 1. The molecule has 8 heteroatoms. The Kier molecular flexibility index (Phi) is 6.35. The summed E-state index contributed by atoms with van der Waals surface area (Å²) in [6.45, 7) is 7.82. The molecule has 0 fully saturated rings. The lowest BCUT2D eigenvalue weighted by Crippen LogP contribution is -2.47. The number of amides is 2. The summed E-state index contributed by atoms with van der Waals surface area (Å²) in [5, 5.41) is 11.0. The first-order chi connectivity index (χ1) is 13.1. The number of ether oxygens (including phenoxy) is 1. The van der Waals surface area contributed by atoms with Crippen molar-refractivity contribution in [2.75, 3.05) is 0 Å². The van der Waals surface area contributed by atoms with Gasteiger partial charge in [0.2, 0.25) is 0 Å². The third-order valence-corrected chi connectivity index (χ3v) is 4.05. The van der Waals surface area contributed by atoms with Crippen LogP contribution in [0.2, 0.25) is 0 Å². The van der Waals surface area contributed by atoms with Crippen molar-refractivity contribution in [1.82, 2.24) is 10.9 Å². The number of hydrogen-bond acceptors (Lipinski definition) is 5. The Morgan fingerprint density at radius 1 is 1.04 bits per heavy atom. The number of para-hydroxylation sites is 1. The normalized spacial score (nSPS) is 12.0. The maximum Gasteiger partial charge on any atom is 0.282 e. The van der Waals surface area contributed by atoms with Crippen molar-refractivity contribution >= 4 is 17.5 Å². The predicted octanol–water partition coefficient (Wildman–Crippen LogP) is 3.12. The van der Waals surface area contributed by atoms with E-state index in [0.29, 0.717) is 5.75 Å². The zero-order valence-corrected chi connectivity index (χ0v) is 16.2. The van der Waals surface area contributed by atoms with Crippen LogP contribution in [0.15, 0.2) is 48.5 Å². The van der Waals surface area contributed by atoms with Gasteiger partial charge in [-0.1, -0.05) is 45.0 Å². The largest absolute Gasteiger partial charge is 0.481 e. The van der Waals surface area contributed by atoms with Crippen LogP contribution in [0.25, 0.3) is 0 Å². The first kappa shape index (κ1) is 20.9. The first-order valence-electron chi connectivity index (χ1n) is 8.70. The van der Waals surface area contributed by atoms with E-state index in [0.717, 1.165) is 5.56 Å². The van der Waals surface area contributed by atoms with Crippen molar-refractivity contribution in [2.45, 2.75) is 39.2 Å². The molecule has 0 bridgehead atoms. The van der Waals surface area contributed by atoms with E-state index in [2.05, 4.69) is 31.6 Å². The second-order valence-corrected chi connectivity index (χ2v) is 7.25. The molecule has 0 aliphatic carbocycles. The number of nitro groups is 1. The summed E-state index contributed by atoms with van der Waals surface area (Å²) in [5.74, 6) is -0.866. The van der Waals surface area contributed by atoms with Gasteiger partial charge in [-0.25, -0.2) is 0 Å². The molecular formula is C20H23N3O5. The number of carbonyl (C=O) groups is 2. The van der Waals surface area contributed by atoms with E-state index >= 15 is 0 Å². The molecule has 2 aromatic carbocycles. The van der Waals surface area contributed by atoms with E-state index in [1.807, 2.05) is 12.1 Å². The molecule has 0 saturated carbocycles. The van der Waals surface area contributed by atoms with E-state index in [1.165, 1.54) is 31.2 Å². The Bertz CT molecular complexity index is 872. The van der Waals surface area contributed by atoms with Crippen molar-refractivity contribution in [1.29, 1.82) is 0 Å². The van der Waals surface area contributed by atoms with E-state index in [9.17, 15) is 19.7 Å². The number of hydrogen-bond donors (Lipinski definition) is 2. The van der Waals surface area contributed by atoms with Crippen LogP contribution in [-0.2, 0) is 10.2 Å². The molecule has 2 rings (SSSR count). The lowest BCUT2D eigenvalue weighted by Gasteiger charge is -2.20. The zero-order chi connectivity index (χ0) is 20.9. The Morgan fingerprint density at radius 3 is 2.21 bits per heavy atom. The molecule has 0 radical (unpaired) electrons. The third-order valence-electron chi connectivity index (χ3n) is 4.05. The van der Waals surface area contributed by atoms with Gasteiger partial charge in [0, 0.05) is 6.07 Å². The molecule has 1 atom stereocenters. The lowest BCUT2D eigenvalue weighted by molar-refractivity contribution is -0.385. The van der Waals surface area contributed by atoms with Gasteiger partial charge in [0.1, 0.15) is 11.3 Å². The minimum Gasteiger partial charge on any atom is -0.481 e. The lowest BCUT2D eigenvalue weighted by atomic mass is 9.87. The predicted molar refractivity (Wildman–Crippen MR) is 104 cm³/mol. The van der Waals surface area contributed by atoms with Gasteiger partial charge < -0.3 is 4.74 Å². The van der Waals surface area contributed by atoms with Crippen molar-refractivity contribution in [3.8, 4) is 5.75 Å². The van der Waals surface area contributed by atoms with Crippen molar-refractivity contribution in [3.63, 3.8) is 0 Å². The van der Waals surface area contributed by atoms with Gasteiger partial charge in [0.25, 0.3) is 17.5 Å². The summed E-state index contributed by atoms with van der Waals surface area (Å²) in [7, 11) is 0. The third kappa shape index (κ3) is 5.29. The summed E-state index contributed by atoms with van der Waals surface area (Å²) >= 11 is 0. The van der Waals surface area contributed by atoms with Gasteiger partial charge in [-0.2, -0.15) is 0 Å². The molecule has 8 nitrogen and oxygen atoms in total. The van der Waals surface area contributed by atoms with Crippen LogP contribution in [0.3, 0.4) is 0 Å². The fraction of sp³-hybridized carbons (Fsp3) is 0.300. The van der Waals surface area contributed by atoms with Crippen LogP contribution < -0.4 is 15.6 Å². The highest BCUT2D eigenvalue weighted by molar-refractivity contribution is 5.99. The SMILES string of the molecule is CC(Oc1ccc(C(C)(C)C)cc1)C(=O)NNC(=O)c1ccccc1[N+](=O)[O-]. The molecule has 0 aliphatic rings. The highest BCUT2D eigenvalue weighted by Gasteiger charge is 2.21. The van der Waals surface area contributed by atoms with Gasteiger partial charge >= 0.3 is 0 Å². The second-order valence-electron chi connectivity index (χ2n) is 7.25. The molecule has 0 saturated heterocycles. The highest BCUT2D eigenvalue weighted by atomic mass is 16.6. The Balaban J connectivity index is 1.94. The molecular weight excluding hydrogens is 362 g/mol. The molecule has 0 spiro atoms. The fourth-order valence-electron chi connectivity index (χ4n) is 2.40. The maximum atomic E-state index is 12.1. The van der Waals surface area contributed by atoms with Crippen LogP contribution in [0, 0.1) is 10.1 Å². The fourth-order valence-corrected chi connectivity index (χ4v) is 2.40. The van der Waals surface area contributed by atoms with E-state index in [-0.39, 0.29) is 16.7 Å². The van der Waals surface area contributed by atoms with Gasteiger partial charge in [-0.3, -0.25) is 30.6 Å². The molecule has 2 aromatic rings. The van der Waals surface area contributed by atoms with Crippen LogP contribution in [0.1, 0.15) is 43.6 Å². The molecule has 0 aromatic heterocycles. The highest BCUT2D eigenvalue weighted by Crippen LogP contribution is 2.24. The van der Waals surface area contributed by atoms with Crippen LogP contribution in [-0.4, -0.2) is 22.8 Å². The Labute approximate surface area is 163 Å². The van der Waals surface area contributed by atoms with Crippen LogP contribution in [0.4, 0.5) is 5.69 Å². The second kappa shape index (κ2) is 8.51. The summed E-state index contributed by atoms with van der Waals surface area (Å²) in [6.07, 6.45) is -0.883. The smallest absolute Gasteiger partial charge is 0.282 e. The number of benzene rings is 2. The van der Waals surface area contributed by atoms with Crippen LogP contribution >= 0.6 is 0 Å². The van der Waals surface area contributed by atoms with Gasteiger partial charge in [0.15, 0.2) is 6.10 Å². The number of rotatable bonds is 5. The maximum absolute atomic E-state index is 12.1. The molecule has 2 amide bonds. The summed E-state index contributed by atoms with van der Waals surface area (Å²) < 4.78 is 5.57. The Hall–Kier alpha value is -3.42. The summed E-state index contributed by atoms with van der Waals surface area (Å²) in [4.78, 5) is 34.6. The standard InChI is InChI=1S/C20H23N3O5/c1-13(28-15-11-9-14(10-12-15)20(2,3)4)18(24)21-22-19(25)16-7-5-6-8-17(16)23(26)27/h5-13H,1-4H3,(H,21,24)(H,22,25). The molecule has 28 heavy (non-hydrogen) atoms. The quantitative estimate of drug-likeness (QED) is 0.607. The van der Waals surface area contributed by atoms with E-state index in [1.54, 1.807) is 12.1 Å². The van der Waals surface area contributed by atoms with Crippen molar-refractivity contribution < 1.29 is 19.2 Å². The number of carbonyl (C=O) groups excluding carboxylic acids is 2. The van der Waals surface area contributed by atoms with Gasteiger partial charge in [-0.05, 0) is 36.1 Å². The first-order valence-corrected chi connectivity index (χ1v) is 8.70. The molecule has 0 aliphatic heterocycles. The van der Waals surface area contributed by atoms with Crippen LogP contribution in [0.5, 0.6) is 5.75 Å². The van der Waals surface area contributed by atoms with Crippen molar-refractivity contribution in [3.05, 3.63) is 69.8 Å². The summed E-state index contributed by atoms with van der Waals surface area (Å²) in [5.41, 5.74) is 5.02. The van der Waals surface area contributed by atoms with E-state index in [4.69, 9.17) is 4.74 Å². The van der Waals surface area contributed by atoms with E-state index < -0.39 is 22.8 Å². The zero-order valence-electron chi connectivity index (χ0n) is 16.2. The molecule has 2 N–H and O–H groups in total. The van der Waals surface area contributed by atoms with Gasteiger partial charge in [0.05, 0.1) is 4.92 Å². The minimum absolute atomic E-state index is 0.00581. The molecule has 0 heterocycles. The topological polar surface area (TPSA) is 111 Å². The average molecular weight is 385 g/mol.